The fourth-order valence-electron chi connectivity index (χ4n) is 3.21. The molecule has 0 fully saturated rings. The van der Waals surface area contributed by atoms with E-state index in [1.54, 1.807) is 6.07 Å². The van der Waals surface area contributed by atoms with E-state index >= 15 is 0 Å². The standard InChI is InChI=1S/C22H22FN5O6S2/c23-16-9-11-18(12-10-16)35(31,32)27-20(14-21(29)30)15-5-4-6-17(13-15)28(26-22(24)25)36(33,34)19-7-2-1-3-8-19/h1-13,20,27H,14H2,(H,29,30)(H4,24,25,26). The summed E-state index contributed by atoms with van der Waals surface area (Å²) in [6.45, 7) is 0. The zero-order valence-electron chi connectivity index (χ0n) is 18.5. The molecule has 0 aliphatic rings. The zero-order chi connectivity index (χ0) is 26.5. The summed E-state index contributed by atoms with van der Waals surface area (Å²) in [6.07, 6.45) is -0.685. The first-order valence-electron chi connectivity index (χ1n) is 10.2. The Kier molecular flexibility index (Phi) is 7.92. The quantitative estimate of drug-likeness (QED) is 0.148. The summed E-state index contributed by atoms with van der Waals surface area (Å²) in [6, 6.07) is 15.3. The fraction of sp³-hybridized carbons (Fsp3) is 0.0909. The van der Waals surface area contributed by atoms with Crippen molar-refractivity contribution in [3.05, 3.63) is 90.2 Å². The van der Waals surface area contributed by atoms with Gasteiger partial charge in [-0.05, 0) is 54.1 Å². The van der Waals surface area contributed by atoms with Gasteiger partial charge in [0.05, 0.1) is 27.9 Å². The summed E-state index contributed by atoms with van der Waals surface area (Å²) in [5.74, 6) is -2.68. The highest BCUT2D eigenvalue weighted by Crippen LogP contribution is 2.27. The van der Waals surface area contributed by atoms with Gasteiger partial charge in [-0.1, -0.05) is 30.3 Å². The van der Waals surface area contributed by atoms with Gasteiger partial charge in [-0.3, -0.25) is 15.6 Å². The Labute approximate surface area is 207 Å². The van der Waals surface area contributed by atoms with E-state index < -0.39 is 50.3 Å². The van der Waals surface area contributed by atoms with Gasteiger partial charge in [0.15, 0.2) is 0 Å². The van der Waals surface area contributed by atoms with E-state index in [1.807, 2.05) is 0 Å². The van der Waals surface area contributed by atoms with E-state index in [4.69, 9.17) is 11.1 Å². The minimum Gasteiger partial charge on any atom is -0.481 e. The average Bonchev–Trinajstić information content (AvgIpc) is 2.82. The minimum absolute atomic E-state index is 0.0667. The molecule has 190 valence electrons. The third-order valence-electron chi connectivity index (χ3n) is 4.81. The Bertz CT molecular complexity index is 1470. The van der Waals surface area contributed by atoms with Crippen LogP contribution >= 0.6 is 0 Å². The predicted molar refractivity (Wildman–Crippen MR) is 129 cm³/mol. The molecule has 1 atom stereocenters. The van der Waals surface area contributed by atoms with E-state index in [2.05, 4.69) is 10.1 Å². The highest BCUT2D eigenvalue weighted by atomic mass is 32.2. The van der Waals surface area contributed by atoms with Gasteiger partial charge < -0.3 is 10.8 Å². The summed E-state index contributed by atoms with van der Waals surface area (Å²) in [5.41, 5.74) is 7.68. The van der Waals surface area contributed by atoms with Crippen molar-refractivity contribution in [3.8, 4) is 0 Å². The molecule has 3 aromatic carbocycles. The molecule has 0 bridgehead atoms. The van der Waals surface area contributed by atoms with Gasteiger partial charge in [0.25, 0.3) is 10.0 Å². The lowest BCUT2D eigenvalue weighted by Crippen LogP contribution is -2.49. The van der Waals surface area contributed by atoms with Gasteiger partial charge in [0.1, 0.15) is 5.82 Å². The molecule has 0 aromatic heterocycles. The number of hydrogen-bond acceptors (Lipinski definition) is 6. The van der Waals surface area contributed by atoms with Crippen LogP contribution in [-0.2, 0) is 24.8 Å². The van der Waals surface area contributed by atoms with Crippen LogP contribution < -0.4 is 20.3 Å². The second-order valence-electron chi connectivity index (χ2n) is 7.43. The van der Waals surface area contributed by atoms with Crippen molar-refractivity contribution < 1.29 is 31.1 Å². The molecule has 3 aromatic rings. The minimum atomic E-state index is -4.29. The Morgan fingerprint density at radius 3 is 2.19 bits per heavy atom. The van der Waals surface area contributed by atoms with Crippen LogP contribution in [0, 0.1) is 11.2 Å². The highest BCUT2D eigenvalue weighted by molar-refractivity contribution is 7.92. The van der Waals surface area contributed by atoms with Crippen molar-refractivity contribution in [2.24, 2.45) is 5.73 Å². The smallest absolute Gasteiger partial charge is 0.305 e. The van der Waals surface area contributed by atoms with Crippen molar-refractivity contribution in [2.75, 3.05) is 4.41 Å². The number of carboxylic acid groups (broad SMARTS) is 1. The number of benzene rings is 3. The van der Waals surface area contributed by atoms with Crippen molar-refractivity contribution in [3.63, 3.8) is 0 Å². The molecule has 0 amide bonds. The molecule has 14 heteroatoms. The number of aliphatic carboxylic acids is 1. The summed E-state index contributed by atoms with van der Waals surface area (Å²) in [7, 11) is -8.56. The van der Waals surface area contributed by atoms with Crippen LogP contribution in [0.3, 0.4) is 0 Å². The first kappa shape index (κ1) is 26.6. The monoisotopic (exact) mass is 535 g/mol. The number of guanidine groups is 1. The number of hydrazine groups is 1. The summed E-state index contributed by atoms with van der Waals surface area (Å²) in [5, 5.41) is 16.9. The molecule has 0 heterocycles. The third-order valence-corrected chi connectivity index (χ3v) is 7.95. The lowest BCUT2D eigenvalue weighted by molar-refractivity contribution is -0.137. The summed E-state index contributed by atoms with van der Waals surface area (Å²) >= 11 is 0. The molecule has 0 spiro atoms. The molecule has 36 heavy (non-hydrogen) atoms. The number of anilines is 1. The Morgan fingerprint density at radius 2 is 1.61 bits per heavy atom. The first-order chi connectivity index (χ1) is 16.9. The number of nitrogens with one attached hydrogen (secondary N) is 3. The normalized spacial score (nSPS) is 12.5. The number of sulfonamides is 2. The van der Waals surface area contributed by atoms with Crippen molar-refractivity contribution in [1.82, 2.24) is 10.1 Å². The molecule has 11 nitrogen and oxygen atoms in total. The lowest BCUT2D eigenvalue weighted by Gasteiger charge is -2.26. The van der Waals surface area contributed by atoms with Crippen molar-refractivity contribution in [2.45, 2.75) is 22.3 Å². The van der Waals surface area contributed by atoms with E-state index in [9.17, 15) is 31.1 Å². The van der Waals surface area contributed by atoms with Crippen LogP contribution in [0.15, 0.2) is 88.7 Å². The summed E-state index contributed by atoms with van der Waals surface area (Å²) < 4.78 is 68.3. The van der Waals surface area contributed by atoms with Gasteiger partial charge in [-0.15, -0.1) is 0 Å². The topological polar surface area (TPSA) is 183 Å². The number of rotatable bonds is 10. The largest absolute Gasteiger partial charge is 0.481 e. The van der Waals surface area contributed by atoms with E-state index in [0.29, 0.717) is 4.41 Å². The number of nitrogens with two attached hydrogens (primary N) is 1. The van der Waals surface area contributed by atoms with Crippen molar-refractivity contribution in [1.29, 1.82) is 5.41 Å². The zero-order valence-corrected chi connectivity index (χ0v) is 20.1. The molecule has 0 saturated heterocycles. The SMILES string of the molecule is N=C(N)NN(c1cccc(C(CC(=O)O)NS(=O)(=O)c2ccc(F)cc2)c1)S(=O)(=O)c1ccccc1. The molecule has 6 N–H and O–H groups in total. The maximum Gasteiger partial charge on any atom is 0.305 e. The van der Waals surface area contributed by atoms with Crippen LogP contribution in [0.25, 0.3) is 0 Å². The second-order valence-corrected chi connectivity index (χ2v) is 10.9. The Morgan fingerprint density at radius 1 is 0.972 bits per heavy atom. The van der Waals surface area contributed by atoms with Crippen molar-refractivity contribution >= 4 is 37.7 Å². The van der Waals surface area contributed by atoms with Gasteiger partial charge in [0.2, 0.25) is 16.0 Å². The van der Waals surface area contributed by atoms with Crippen LogP contribution in [-0.4, -0.2) is 33.9 Å². The molecular formula is C22H22FN5O6S2. The maximum atomic E-state index is 13.2. The number of hydrogen-bond donors (Lipinski definition) is 5. The fourth-order valence-corrected chi connectivity index (χ4v) is 5.76. The molecule has 0 radical (unpaired) electrons. The third kappa shape index (κ3) is 6.35. The number of carboxylic acids is 1. The van der Waals surface area contributed by atoms with Gasteiger partial charge in [-0.2, -0.15) is 12.8 Å². The Hall–Kier alpha value is -4.01. The van der Waals surface area contributed by atoms with Crippen LogP contribution in [0.5, 0.6) is 0 Å². The first-order valence-corrected chi connectivity index (χ1v) is 13.1. The van der Waals surface area contributed by atoms with E-state index in [1.165, 1.54) is 48.5 Å². The number of nitrogens with zero attached hydrogens (tertiary/aromatic N) is 1. The highest BCUT2D eigenvalue weighted by Gasteiger charge is 2.28. The van der Waals surface area contributed by atoms with Gasteiger partial charge >= 0.3 is 5.97 Å². The summed E-state index contributed by atoms with van der Waals surface area (Å²) in [4.78, 5) is 11.1. The average molecular weight is 536 g/mol. The van der Waals surface area contributed by atoms with E-state index in [0.717, 1.165) is 24.3 Å². The van der Waals surface area contributed by atoms with E-state index in [-0.39, 0.29) is 21.0 Å². The molecular weight excluding hydrogens is 513 g/mol. The molecule has 3 rings (SSSR count). The lowest BCUT2D eigenvalue weighted by atomic mass is 10.0. The predicted octanol–water partition coefficient (Wildman–Crippen LogP) is 1.91. The van der Waals surface area contributed by atoms with Crippen LogP contribution in [0.1, 0.15) is 18.0 Å². The van der Waals surface area contributed by atoms with Gasteiger partial charge in [0, 0.05) is 0 Å². The molecule has 1 unspecified atom stereocenters. The molecule has 0 aliphatic carbocycles. The van der Waals surface area contributed by atoms with Crippen LogP contribution in [0.2, 0.25) is 0 Å². The molecule has 0 aliphatic heterocycles. The van der Waals surface area contributed by atoms with Crippen LogP contribution in [0.4, 0.5) is 10.1 Å². The maximum absolute atomic E-state index is 13.2. The van der Waals surface area contributed by atoms with Gasteiger partial charge in [-0.25, -0.2) is 17.5 Å². The number of carbonyl (C=O) groups is 1. The second kappa shape index (κ2) is 10.7. The Balaban J connectivity index is 2.04. The molecule has 0 saturated carbocycles. The number of halogens is 1.